The highest BCUT2D eigenvalue weighted by Crippen LogP contribution is 2.35. The molecule has 1 unspecified atom stereocenters. The molecule has 1 saturated heterocycles. The number of nitrogens with zero attached hydrogens (tertiary/aromatic N) is 2. The summed E-state index contributed by atoms with van der Waals surface area (Å²) in [6.45, 7) is 1.44. The molecule has 1 aliphatic rings. The third kappa shape index (κ3) is 3.58. The zero-order valence-electron chi connectivity index (χ0n) is 11.3. The minimum atomic E-state index is -0.615. The molecule has 8 heteroatoms. The highest BCUT2D eigenvalue weighted by molar-refractivity contribution is 6.39. The van der Waals surface area contributed by atoms with E-state index in [4.69, 9.17) is 34.7 Å². The van der Waals surface area contributed by atoms with Crippen molar-refractivity contribution in [2.45, 2.75) is 6.04 Å². The van der Waals surface area contributed by atoms with Crippen molar-refractivity contribution in [1.82, 2.24) is 4.90 Å². The summed E-state index contributed by atoms with van der Waals surface area (Å²) in [7, 11) is 0. The highest BCUT2D eigenvalue weighted by Gasteiger charge is 2.33. The Kier molecular flexibility index (Phi) is 4.92. The van der Waals surface area contributed by atoms with E-state index in [1.165, 1.54) is 0 Å². The summed E-state index contributed by atoms with van der Waals surface area (Å²) < 4.78 is 0. The normalized spacial score (nSPS) is 19.5. The number of halogens is 2. The quantitative estimate of drug-likeness (QED) is 0.838. The number of nitrogens with two attached hydrogens (primary N) is 2. The van der Waals surface area contributed by atoms with Gasteiger partial charge in [-0.1, -0.05) is 29.3 Å². The fourth-order valence-corrected chi connectivity index (χ4v) is 3.09. The lowest BCUT2D eigenvalue weighted by Crippen LogP contribution is -2.59. The Morgan fingerprint density at radius 1 is 1.19 bits per heavy atom. The number of carbonyl (C=O) groups is 2. The molecule has 4 N–H and O–H groups in total. The monoisotopic (exact) mass is 330 g/mol. The number of rotatable bonds is 4. The third-order valence-electron chi connectivity index (χ3n) is 3.40. The molecule has 0 bridgehead atoms. The first-order valence-corrected chi connectivity index (χ1v) is 7.16. The van der Waals surface area contributed by atoms with E-state index in [-0.39, 0.29) is 6.54 Å². The van der Waals surface area contributed by atoms with Gasteiger partial charge < -0.3 is 16.4 Å². The number of piperazine rings is 1. The number of benzene rings is 1. The second-order valence-electron chi connectivity index (χ2n) is 4.88. The number of anilines is 1. The van der Waals surface area contributed by atoms with E-state index in [1.54, 1.807) is 28.0 Å². The van der Waals surface area contributed by atoms with E-state index in [2.05, 4.69) is 0 Å². The van der Waals surface area contributed by atoms with E-state index in [9.17, 15) is 9.59 Å². The Morgan fingerprint density at radius 2 is 1.81 bits per heavy atom. The number of carbonyl (C=O) groups excluding carboxylic acids is 2. The number of amides is 2. The van der Waals surface area contributed by atoms with Crippen LogP contribution < -0.4 is 16.4 Å². The zero-order chi connectivity index (χ0) is 15.6. The molecular formula is C13H16Cl2N4O2. The van der Waals surface area contributed by atoms with Crippen LogP contribution in [0, 0.1) is 0 Å². The van der Waals surface area contributed by atoms with Crippen LogP contribution in [-0.4, -0.2) is 48.9 Å². The molecule has 1 aromatic rings. The average Bonchev–Trinajstić information content (AvgIpc) is 2.39. The first kappa shape index (κ1) is 15.9. The van der Waals surface area contributed by atoms with Crippen molar-refractivity contribution in [1.29, 1.82) is 0 Å². The van der Waals surface area contributed by atoms with E-state index >= 15 is 0 Å². The van der Waals surface area contributed by atoms with Crippen LogP contribution in [0.4, 0.5) is 5.69 Å². The summed E-state index contributed by atoms with van der Waals surface area (Å²) in [4.78, 5) is 26.3. The third-order valence-corrected chi connectivity index (χ3v) is 4.01. The van der Waals surface area contributed by atoms with Crippen molar-refractivity contribution in [2.24, 2.45) is 11.5 Å². The van der Waals surface area contributed by atoms with Gasteiger partial charge >= 0.3 is 0 Å². The second kappa shape index (κ2) is 6.51. The Labute approximate surface area is 132 Å². The molecule has 1 atom stereocenters. The molecule has 2 rings (SSSR count). The van der Waals surface area contributed by atoms with Crippen LogP contribution in [0.25, 0.3) is 0 Å². The number of hydrogen-bond donors (Lipinski definition) is 2. The van der Waals surface area contributed by atoms with Gasteiger partial charge in [0.05, 0.1) is 22.3 Å². The van der Waals surface area contributed by atoms with Crippen molar-refractivity contribution in [2.75, 3.05) is 31.1 Å². The van der Waals surface area contributed by atoms with Gasteiger partial charge in [-0.2, -0.15) is 0 Å². The van der Waals surface area contributed by atoms with Crippen LogP contribution in [0.2, 0.25) is 10.0 Å². The molecule has 1 aromatic carbocycles. The Balaban J connectivity index is 2.28. The Hall–Kier alpha value is -1.50. The van der Waals surface area contributed by atoms with Crippen molar-refractivity contribution < 1.29 is 9.59 Å². The average molecular weight is 331 g/mol. The number of primary amides is 2. The Morgan fingerprint density at radius 3 is 2.33 bits per heavy atom. The van der Waals surface area contributed by atoms with E-state index in [0.717, 1.165) is 0 Å². The zero-order valence-corrected chi connectivity index (χ0v) is 12.8. The molecule has 0 aliphatic carbocycles. The lowest BCUT2D eigenvalue weighted by molar-refractivity contribution is -0.122. The first-order valence-electron chi connectivity index (χ1n) is 6.40. The predicted molar refractivity (Wildman–Crippen MR) is 82.4 cm³/mol. The van der Waals surface area contributed by atoms with Gasteiger partial charge in [0.15, 0.2) is 0 Å². The maximum absolute atomic E-state index is 11.7. The van der Waals surface area contributed by atoms with E-state index in [1.807, 2.05) is 0 Å². The largest absolute Gasteiger partial charge is 0.369 e. The molecule has 21 heavy (non-hydrogen) atoms. The lowest BCUT2D eigenvalue weighted by atomic mass is 10.1. The van der Waals surface area contributed by atoms with Gasteiger partial charge in [0.25, 0.3) is 0 Å². The second-order valence-corrected chi connectivity index (χ2v) is 5.70. The van der Waals surface area contributed by atoms with Gasteiger partial charge in [0.2, 0.25) is 11.8 Å². The first-order chi connectivity index (χ1) is 9.90. The number of para-hydroxylation sites is 1. The molecule has 1 heterocycles. The molecular weight excluding hydrogens is 315 g/mol. The summed E-state index contributed by atoms with van der Waals surface area (Å²) in [5, 5.41) is 0.911. The molecule has 114 valence electrons. The summed E-state index contributed by atoms with van der Waals surface area (Å²) in [5.41, 5.74) is 11.3. The molecule has 1 aliphatic heterocycles. The topological polar surface area (TPSA) is 92.7 Å². The molecule has 0 saturated carbocycles. The highest BCUT2D eigenvalue weighted by atomic mass is 35.5. The lowest BCUT2D eigenvalue weighted by Gasteiger charge is -2.41. The maximum Gasteiger partial charge on any atom is 0.241 e. The minimum absolute atomic E-state index is 0.0911. The van der Waals surface area contributed by atoms with Crippen molar-refractivity contribution in [3.63, 3.8) is 0 Å². The summed E-state index contributed by atoms with van der Waals surface area (Å²) in [5.74, 6) is -0.942. The molecule has 6 nitrogen and oxygen atoms in total. The predicted octanol–water partition coefficient (Wildman–Crippen LogP) is 0.455. The van der Waals surface area contributed by atoms with Gasteiger partial charge in [0, 0.05) is 19.6 Å². The molecule has 0 spiro atoms. The minimum Gasteiger partial charge on any atom is -0.369 e. The van der Waals surface area contributed by atoms with Crippen LogP contribution in [0.5, 0.6) is 0 Å². The van der Waals surface area contributed by atoms with Gasteiger partial charge in [-0.25, -0.2) is 0 Å². The van der Waals surface area contributed by atoms with Crippen LogP contribution in [0.15, 0.2) is 18.2 Å². The molecule has 0 radical (unpaired) electrons. The van der Waals surface area contributed by atoms with Gasteiger partial charge in [0.1, 0.15) is 6.04 Å². The van der Waals surface area contributed by atoms with Crippen LogP contribution in [0.3, 0.4) is 0 Å². The number of hydrogen-bond acceptors (Lipinski definition) is 4. The standard InChI is InChI=1S/C13H16Cl2N4O2/c14-8-2-1-3-9(15)12(8)19-5-4-18(7-11(16)20)6-10(19)13(17)21/h1-3,10H,4-7H2,(H2,16,20)(H2,17,21). The van der Waals surface area contributed by atoms with Crippen LogP contribution >= 0.6 is 23.2 Å². The van der Waals surface area contributed by atoms with Crippen LogP contribution in [0.1, 0.15) is 0 Å². The van der Waals surface area contributed by atoms with Gasteiger partial charge in [-0.05, 0) is 12.1 Å². The summed E-state index contributed by atoms with van der Waals surface area (Å²) >= 11 is 12.4. The maximum atomic E-state index is 11.7. The smallest absolute Gasteiger partial charge is 0.241 e. The van der Waals surface area contributed by atoms with Gasteiger partial charge in [-0.15, -0.1) is 0 Å². The summed E-state index contributed by atoms with van der Waals surface area (Å²) in [6, 6.07) is 4.53. The molecule has 1 fully saturated rings. The van der Waals surface area contributed by atoms with E-state index < -0.39 is 17.9 Å². The van der Waals surface area contributed by atoms with Crippen molar-refractivity contribution in [3.05, 3.63) is 28.2 Å². The van der Waals surface area contributed by atoms with Crippen LogP contribution in [-0.2, 0) is 9.59 Å². The van der Waals surface area contributed by atoms with Crippen molar-refractivity contribution >= 4 is 40.7 Å². The van der Waals surface area contributed by atoms with E-state index in [0.29, 0.717) is 35.4 Å². The molecule has 2 amide bonds. The SMILES string of the molecule is NC(=O)CN1CCN(c2c(Cl)cccc2Cl)C(C(N)=O)C1. The molecule has 0 aromatic heterocycles. The Bertz CT molecular complexity index is 547. The fourth-order valence-electron chi connectivity index (χ4n) is 2.48. The van der Waals surface area contributed by atoms with Gasteiger partial charge in [-0.3, -0.25) is 14.5 Å². The summed E-state index contributed by atoms with van der Waals surface area (Å²) in [6.07, 6.45) is 0. The van der Waals surface area contributed by atoms with Crippen molar-refractivity contribution in [3.8, 4) is 0 Å². The fraction of sp³-hybridized carbons (Fsp3) is 0.385.